The van der Waals surface area contributed by atoms with E-state index in [9.17, 15) is 9.59 Å². The summed E-state index contributed by atoms with van der Waals surface area (Å²) in [6.45, 7) is 6.93. The number of carbonyl (C=O) groups is 2. The largest absolute Gasteiger partial charge is 0.494 e. The molecule has 0 N–H and O–H groups in total. The highest BCUT2D eigenvalue weighted by Gasteiger charge is 2.14. The highest BCUT2D eigenvalue weighted by molar-refractivity contribution is 5.98. The average Bonchev–Trinajstić information content (AvgIpc) is 3.00. The van der Waals surface area contributed by atoms with Crippen LogP contribution in [0.25, 0.3) is 11.1 Å². The summed E-state index contributed by atoms with van der Waals surface area (Å²) in [5, 5.41) is 0. The molecule has 3 aromatic rings. The summed E-state index contributed by atoms with van der Waals surface area (Å²) in [5.74, 6) is 0.956. The van der Waals surface area contributed by atoms with Gasteiger partial charge in [0.1, 0.15) is 11.5 Å². The molecule has 4 heteroatoms. The maximum atomic E-state index is 12.6. The van der Waals surface area contributed by atoms with Crippen molar-refractivity contribution >= 4 is 11.8 Å². The number of rotatable bonds is 18. The summed E-state index contributed by atoms with van der Waals surface area (Å²) in [5.41, 5.74) is 3.19. The minimum absolute atomic E-state index is 0.0231. The van der Waals surface area contributed by atoms with Gasteiger partial charge in [-0.2, -0.15) is 0 Å². The Balaban J connectivity index is 1.39. The Morgan fingerprint density at radius 3 is 1.62 bits per heavy atom. The molecular formula is C36H46O4. The molecule has 4 nitrogen and oxygen atoms in total. The zero-order chi connectivity index (χ0) is 28.6. The van der Waals surface area contributed by atoms with Crippen LogP contribution in [0, 0.1) is 5.92 Å². The van der Waals surface area contributed by atoms with Gasteiger partial charge in [0, 0.05) is 11.5 Å². The van der Waals surface area contributed by atoms with Crippen molar-refractivity contribution in [2.75, 3.05) is 6.61 Å². The number of unbranched alkanes of at least 4 members (excludes halogenated alkanes) is 9. The molecule has 0 aliphatic heterocycles. The third-order valence-corrected chi connectivity index (χ3v) is 7.48. The van der Waals surface area contributed by atoms with Crippen LogP contribution in [-0.4, -0.2) is 18.4 Å². The van der Waals surface area contributed by atoms with Crippen LogP contribution in [-0.2, 0) is 0 Å². The molecule has 0 spiro atoms. The number of hydrogen-bond acceptors (Lipinski definition) is 4. The van der Waals surface area contributed by atoms with E-state index in [-0.39, 0.29) is 11.7 Å². The maximum Gasteiger partial charge on any atom is 0.343 e. The predicted octanol–water partition coefficient (Wildman–Crippen LogP) is 10.1. The van der Waals surface area contributed by atoms with Gasteiger partial charge in [0.15, 0.2) is 5.78 Å². The molecule has 0 saturated heterocycles. The Hall–Kier alpha value is -3.40. The Labute approximate surface area is 241 Å². The molecule has 0 aliphatic rings. The normalized spacial score (nSPS) is 11.7. The topological polar surface area (TPSA) is 52.6 Å². The molecule has 0 fully saturated rings. The molecule has 0 heterocycles. The lowest BCUT2D eigenvalue weighted by Crippen LogP contribution is -2.11. The van der Waals surface area contributed by atoms with E-state index in [4.69, 9.17) is 9.47 Å². The lowest BCUT2D eigenvalue weighted by molar-refractivity contribution is 0.0734. The summed E-state index contributed by atoms with van der Waals surface area (Å²) in [7, 11) is 0. The second kappa shape index (κ2) is 17.3. The lowest BCUT2D eigenvalue weighted by atomic mass is 9.97. The maximum absolute atomic E-state index is 12.6. The van der Waals surface area contributed by atoms with Crippen molar-refractivity contribution in [1.29, 1.82) is 0 Å². The zero-order valence-electron chi connectivity index (χ0n) is 24.6. The van der Waals surface area contributed by atoms with E-state index in [1.54, 1.807) is 36.4 Å². The van der Waals surface area contributed by atoms with E-state index in [0.29, 0.717) is 16.9 Å². The number of ketones is 1. The van der Waals surface area contributed by atoms with E-state index in [1.165, 1.54) is 57.8 Å². The first kappa shape index (κ1) is 31.1. The molecule has 0 radical (unpaired) electrons. The number of esters is 1. The van der Waals surface area contributed by atoms with E-state index >= 15 is 0 Å². The van der Waals surface area contributed by atoms with E-state index in [2.05, 4.69) is 6.92 Å². The lowest BCUT2D eigenvalue weighted by Gasteiger charge is -2.09. The molecule has 0 saturated carbocycles. The SMILES string of the molecule is CCCCCCCCCCCCOc1ccc(-c2ccc(C(=O)Oc3ccc(C(=O)C(C)CC)cc3)cc2)cc1. The van der Waals surface area contributed by atoms with Gasteiger partial charge in [-0.3, -0.25) is 4.79 Å². The fourth-order valence-corrected chi connectivity index (χ4v) is 4.65. The third-order valence-electron chi connectivity index (χ3n) is 7.48. The van der Waals surface area contributed by atoms with Gasteiger partial charge in [0.2, 0.25) is 0 Å². The number of carbonyl (C=O) groups excluding carboxylic acids is 2. The Bertz CT molecular complexity index is 1150. The van der Waals surface area contributed by atoms with E-state index in [1.807, 2.05) is 50.2 Å². The molecule has 1 atom stereocenters. The minimum Gasteiger partial charge on any atom is -0.494 e. The summed E-state index contributed by atoms with van der Waals surface area (Å²) in [6.07, 6.45) is 14.0. The van der Waals surface area contributed by atoms with Crippen molar-refractivity contribution < 1.29 is 19.1 Å². The van der Waals surface area contributed by atoms with Crippen molar-refractivity contribution in [3.05, 3.63) is 83.9 Å². The predicted molar refractivity (Wildman–Crippen MR) is 164 cm³/mol. The first-order valence-corrected chi connectivity index (χ1v) is 15.2. The smallest absolute Gasteiger partial charge is 0.343 e. The fourth-order valence-electron chi connectivity index (χ4n) is 4.65. The highest BCUT2D eigenvalue weighted by atomic mass is 16.5. The van der Waals surface area contributed by atoms with Crippen LogP contribution >= 0.6 is 0 Å². The van der Waals surface area contributed by atoms with Crippen LogP contribution in [0.2, 0.25) is 0 Å². The van der Waals surface area contributed by atoms with E-state index < -0.39 is 5.97 Å². The molecule has 0 aromatic heterocycles. The van der Waals surface area contributed by atoms with Crippen LogP contribution in [0.4, 0.5) is 0 Å². The summed E-state index contributed by atoms with van der Waals surface area (Å²) in [6, 6.07) is 22.2. The van der Waals surface area contributed by atoms with Crippen molar-refractivity contribution in [2.45, 2.75) is 91.4 Å². The van der Waals surface area contributed by atoms with Crippen molar-refractivity contribution in [3.63, 3.8) is 0 Å². The molecule has 214 valence electrons. The quantitative estimate of drug-likeness (QED) is 0.0694. The van der Waals surface area contributed by atoms with Crippen LogP contribution in [0.1, 0.15) is 112 Å². The van der Waals surface area contributed by atoms with Crippen molar-refractivity contribution in [1.82, 2.24) is 0 Å². The van der Waals surface area contributed by atoms with Crippen LogP contribution < -0.4 is 9.47 Å². The minimum atomic E-state index is -0.428. The molecule has 0 bridgehead atoms. The summed E-state index contributed by atoms with van der Waals surface area (Å²) >= 11 is 0. The van der Waals surface area contributed by atoms with Crippen molar-refractivity contribution in [3.8, 4) is 22.6 Å². The molecule has 40 heavy (non-hydrogen) atoms. The second-order valence-corrected chi connectivity index (χ2v) is 10.7. The molecule has 0 amide bonds. The number of hydrogen-bond donors (Lipinski definition) is 0. The highest BCUT2D eigenvalue weighted by Crippen LogP contribution is 2.24. The van der Waals surface area contributed by atoms with Crippen LogP contribution in [0.15, 0.2) is 72.8 Å². The van der Waals surface area contributed by atoms with Gasteiger partial charge < -0.3 is 9.47 Å². The first-order valence-electron chi connectivity index (χ1n) is 15.2. The first-order chi connectivity index (χ1) is 19.5. The Kier molecular flexibility index (Phi) is 13.5. The van der Waals surface area contributed by atoms with Crippen LogP contribution in [0.5, 0.6) is 11.5 Å². The number of ether oxygens (including phenoxy) is 2. The van der Waals surface area contributed by atoms with Gasteiger partial charge in [0.25, 0.3) is 0 Å². The standard InChI is InChI=1S/C36H46O4/c1-4-6-7-8-9-10-11-12-13-14-27-39-33-23-19-30(20-24-33)29-15-17-32(18-16-29)36(38)40-34-25-21-31(22-26-34)35(37)28(3)5-2/h15-26,28H,4-14,27H2,1-3H3. The van der Waals surface area contributed by atoms with Crippen LogP contribution in [0.3, 0.4) is 0 Å². The molecule has 1 unspecified atom stereocenters. The van der Waals surface area contributed by atoms with Gasteiger partial charge in [-0.15, -0.1) is 0 Å². The monoisotopic (exact) mass is 542 g/mol. The second-order valence-electron chi connectivity index (χ2n) is 10.7. The van der Waals surface area contributed by atoms with Gasteiger partial charge in [0.05, 0.1) is 12.2 Å². The summed E-state index contributed by atoms with van der Waals surface area (Å²) < 4.78 is 11.4. The number of Topliss-reactive ketones (excluding diaryl/α,β-unsaturated/α-hetero) is 1. The molecule has 0 aliphatic carbocycles. The average molecular weight is 543 g/mol. The van der Waals surface area contributed by atoms with Gasteiger partial charge in [-0.05, 0) is 72.5 Å². The third kappa shape index (κ3) is 10.3. The van der Waals surface area contributed by atoms with Gasteiger partial charge in [-0.1, -0.05) is 103 Å². The molecular weight excluding hydrogens is 496 g/mol. The van der Waals surface area contributed by atoms with Crippen molar-refractivity contribution in [2.24, 2.45) is 5.92 Å². The van der Waals surface area contributed by atoms with Gasteiger partial charge in [-0.25, -0.2) is 4.79 Å². The fraction of sp³-hybridized carbons (Fsp3) is 0.444. The zero-order valence-corrected chi connectivity index (χ0v) is 24.6. The summed E-state index contributed by atoms with van der Waals surface area (Å²) in [4.78, 5) is 24.9. The number of benzene rings is 3. The van der Waals surface area contributed by atoms with Gasteiger partial charge >= 0.3 is 5.97 Å². The van der Waals surface area contributed by atoms with E-state index in [0.717, 1.165) is 36.3 Å². The molecule has 3 rings (SSSR count). The Morgan fingerprint density at radius 2 is 1.07 bits per heavy atom. The Morgan fingerprint density at radius 1 is 0.600 bits per heavy atom. The molecule has 3 aromatic carbocycles.